The summed E-state index contributed by atoms with van der Waals surface area (Å²) in [5.41, 5.74) is 0. The van der Waals surface area contributed by atoms with Gasteiger partial charge in [-0.25, -0.2) is 0 Å². The van der Waals surface area contributed by atoms with Gasteiger partial charge in [-0.05, 0) is 24.6 Å². The number of rotatable bonds is 5. The van der Waals surface area contributed by atoms with Crippen molar-refractivity contribution in [1.82, 2.24) is 0 Å². The van der Waals surface area contributed by atoms with Gasteiger partial charge in [0, 0.05) is 5.02 Å². The third kappa shape index (κ3) is 3.69. The maximum atomic E-state index is 12.1. The minimum Gasteiger partial charge on any atom is -0.480 e. The van der Waals surface area contributed by atoms with Crippen molar-refractivity contribution in [3.63, 3.8) is 0 Å². The van der Waals surface area contributed by atoms with Gasteiger partial charge < -0.3 is 5.11 Å². The fourth-order valence-electron chi connectivity index (χ4n) is 1.37. The highest BCUT2D eigenvalue weighted by atomic mass is 35.5. The maximum Gasteiger partial charge on any atom is 0.319 e. The number of benzene rings is 1. The van der Waals surface area contributed by atoms with Crippen LogP contribution in [0, 0.1) is 0 Å². The Balaban J connectivity index is 3.09. The Kier molecular flexibility index (Phi) is 5.43. The van der Waals surface area contributed by atoms with Crippen LogP contribution in [0.1, 0.15) is 19.8 Å². The van der Waals surface area contributed by atoms with Crippen molar-refractivity contribution in [1.29, 1.82) is 0 Å². The highest BCUT2D eigenvalue weighted by Crippen LogP contribution is 2.26. The van der Waals surface area contributed by atoms with Crippen LogP contribution in [0.25, 0.3) is 0 Å². The molecule has 0 saturated carbocycles. The lowest BCUT2D eigenvalue weighted by molar-refractivity contribution is -0.136. The number of carbonyl (C=O) groups is 1. The summed E-state index contributed by atoms with van der Waals surface area (Å²) in [5, 5.41) is 8.74. The van der Waals surface area contributed by atoms with E-state index in [0.717, 1.165) is 0 Å². The minimum atomic E-state index is -1.69. The maximum absolute atomic E-state index is 12.1. The second-order valence-corrected chi connectivity index (χ2v) is 5.94. The molecule has 0 heterocycles. The molecule has 0 aliphatic heterocycles. The van der Waals surface area contributed by atoms with Crippen LogP contribution in [0.4, 0.5) is 0 Å². The van der Waals surface area contributed by atoms with E-state index < -0.39 is 22.0 Å². The van der Waals surface area contributed by atoms with E-state index in [1.165, 1.54) is 12.1 Å². The molecule has 2 unspecified atom stereocenters. The predicted octanol–water partition coefficient (Wildman–Crippen LogP) is 3.35. The van der Waals surface area contributed by atoms with Crippen LogP contribution in [0.3, 0.4) is 0 Å². The molecule has 6 heteroatoms. The molecule has 0 amide bonds. The Morgan fingerprint density at radius 2 is 2.12 bits per heavy atom. The summed E-state index contributed by atoms with van der Waals surface area (Å²) in [6, 6.07) is 4.54. The van der Waals surface area contributed by atoms with Crippen LogP contribution < -0.4 is 0 Å². The van der Waals surface area contributed by atoms with Gasteiger partial charge in [-0.15, -0.1) is 0 Å². The van der Waals surface area contributed by atoms with E-state index in [-0.39, 0.29) is 9.92 Å². The van der Waals surface area contributed by atoms with Gasteiger partial charge in [0.1, 0.15) is 5.25 Å². The van der Waals surface area contributed by atoms with Gasteiger partial charge in [0.15, 0.2) is 0 Å². The van der Waals surface area contributed by atoms with Crippen molar-refractivity contribution in [2.75, 3.05) is 0 Å². The first-order valence-electron chi connectivity index (χ1n) is 5.05. The Labute approximate surface area is 112 Å². The SMILES string of the molecule is CCCC(C(=O)O)S(=O)c1cc(Cl)ccc1Cl. The van der Waals surface area contributed by atoms with E-state index >= 15 is 0 Å². The van der Waals surface area contributed by atoms with Gasteiger partial charge in [-0.3, -0.25) is 9.00 Å². The zero-order valence-electron chi connectivity index (χ0n) is 9.15. The Hall–Kier alpha value is -0.580. The van der Waals surface area contributed by atoms with E-state index in [0.29, 0.717) is 17.9 Å². The molecule has 0 bridgehead atoms. The van der Waals surface area contributed by atoms with Crippen LogP contribution in [-0.2, 0) is 15.6 Å². The third-order valence-electron chi connectivity index (χ3n) is 2.19. The fourth-order valence-corrected chi connectivity index (χ4v) is 3.39. The van der Waals surface area contributed by atoms with E-state index in [1.807, 2.05) is 6.92 Å². The van der Waals surface area contributed by atoms with Gasteiger partial charge >= 0.3 is 5.97 Å². The van der Waals surface area contributed by atoms with Crippen molar-refractivity contribution in [2.45, 2.75) is 29.9 Å². The molecule has 3 nitrogen and oxygen atoms in total. The first kappa shape index (κ1) is 14.5. The van der Waals surface area contributed by atoms with Crippen molar-refractivity contribution in [3.8, 4) is 0 Å². The van der Waals surface area contributed by atoms with Gasteiger partial charge in [-0.2, -0.15) is 0 Å². The number of hydrogen-bond acceptors (Lipinski definition) is 2. The lowest BCUT2D eigenvalue weighted by Gasteiger charge is -2.12. The molecule has 1 N–H and O–H groups in total. The average molecular weight is 295 g/mol. The van der Waals surface area contributed by atoms with Crippen LogP contribution >= 0.6 is 23.2 Å². The van der Waals surface area contributed by atoms with E-state index in [2.05, 4.69) is 0 Å². The quantitative estimate of drug-likeness (QED) is 0.906. The number of hydrogen-bond donors (Lipinski definition) is 1. The highest BCUT2D eigenvalue weighted by Gasteiger charge is 2.26. The lowest BCUT2D eigenvalue weighted by Crippen LogP contribution is -2.25. The topological polar surface area (TPSA) is 54.4 Å². The summed E-state index contributed by atoms with van der Waals surface area (Å²) in [6.45, 7) is 1.84. The predicted molar refractivity (Wildman–Crippen MR) is 69.2 cm³/mol. The summed E-state index contributed by atoms with van der Waals surface area (Å²) >= 11 is 11.7. The Morgan fingerprint density at radius 3 is 2.65 bits per heavy atom. The standard InChI is InChI=1S/C11H12Cl2O3S/c1-2-3-9(11(14)15)17(16)10-6-7(12)4-5-8(10)13/h4-6,9H,2-3H2,1H3,(H,14,15). The third-order valence-corrected chi connectivity index (χ3v) is 4.60. The minimum absolute atomic E-state index is 0.273. The van der Waals surface area contributed by atoms with Crippen LogP contribution in [0.5, 0.6) is 0 Å². The number of carboxylic acid groups (broad SMARTS) is 1. The Morgan fingerprint density at radius 1 is 1.47 bits per heavy atom. The van der Waals surface area contributed by atoms with Crippen LogP contribution in [0.15, 0.2) is 23.1 Å². The van der Waals surface area contributed by atoms with E-state index in [1.54, 1.807) is 6.07 Å². The summed E-state index contributed by atoms with van der Waals surface area (Å²) in [4.78, 5) is 11.3. The summed E-state index contributed by atoms with van der Waals surface area (Å²) < 4.78 is 12.1. The van der Waals surface area contributed by atoms with E-state index in [9.17, 15) is 9.00 Å². The summed E-state index contributed by atoms with van der Waals surface area (Å²) in [6.07, 6.45) is 0.978. The molecule has 17 heavy (non-hydrogen) atoms. The Bertz CT molecular complexity index is 448. The smallest absolute Gasteiger partial charge is 0.319 e. The first-order valence-corrected chi connectivity index (χ1v) is 7.02. The van der Waals surface area contributed by atoms with Gasteiger partial charge in [0.2, 0.25) is 0 Å². The molecule has 0 aliphatic rings. The monoisotopic (exact) mass is 294 g/mol. The fraction of sp³-hybridized carbons (Fsp3) is 0.364. The van der Waals surface area contributed by atoms with Crippen molar-refractivity contribution >= 4 is 40.0 Å². The highest BCUT2D eigenvalue weighted by molar-refractivity contribution is 7.86. The van der Waals surface area contributed by atoms with Crippen LogP contribution in [0.2, 0.25) is 10.0 Å². The largest absolute Gasteiger partial charge is 0.480 e. The molecule has 0 saturated heterocycles. The number of halogens is 2. The van der Waals surface area contributed by atoms with Gasteiger partial charge in [0.05, 0.1) is 20.7 Å². The number of aliphatic carboxylic acids is 1. The molecular formula is C11H12Cl2O3S. The molecule has 1 rings (SSSR count). The second-order valence-electron chi connectivity index (χ2n) is 3.49. The molecule has 94 valence electrons. The molecule has 0 aliphatic carbocycles. The van der Waals surface area contributed by atoms with Gasteiger partial charge in [-0.1, -0.05) is 36.5 Å². The van der Waals surface area contributed by atoms with E-state index in [4.69, 9.17) is 28.3 Å². The van der Waals surface area contributed by atoms with Crippen molar-refractivity contribution in [3.05, 3.63) is 28.2 Å². The molecule has 0 fully saturated rings. The molecule has 0 aromatic heterocycles. The zero-order chi connectivity index (χ0) is 13.0. The number of carboxylic acids is 1. The summed E-state index contributed by atoms with van der Waals surface area (Å²) in [7, 11) is -1.69. The van der Waals surface area contributed by atoms with Gasteiger partial charge in [0.25, 0.3) is 0 Å². The zero-order valence-corrected chi connectivity index (χ0v) is 11.5. The summed E-state index contributed by atoms with van der Waals surface area (Å²) in [5.74, 6) is -1.08. The molecule has 0 spiro atoms. The molecule has 1 aromatic carbocycles. The second kappa shape index (κ2) is 6.38. The van der Waals surface area contributed by atoms with Crippen molar-refractivity contribution in [2.24, 2.45) is 0 Å². The van der Waals surface area contributed by atoms with Crippen molar-refractivity contribution < 1.29 is 14.1 Å². The van der Waals surface area contributed by atoms with Crippen LogP contribution in [-0.4, -0.2) is 20.5 Å². The average Bonchev–Trinajstić information content (AvgIpc) is 2.28. The molecule has 0 radical (unpaired) electrons. The molecular weight excluding hydrogens is 283 g/mol. The molecule has 2 atom stereocenters. The normalized spacial score (nSPS) is 14.3. The lowest BCUT2D eigenvalue weighted by atomic mass is 10.2. The first-order chi connectivity index (χ1) is 7.97. The molecule has 1 aromatic rings.